The number of hydrogen-bond acceptors (Lipinski definition) is 2. The normalized spacial score (nSPS) is 11.8. The lowest BCUT2D eigenvalue weighted by Gasteiger charge is -2.06. The van der Waals surface area contributed by atoms with Gasteiger partial charge in [-0.1, -0.05) is 55.3 Å². The molecule has 2 aromatic carbocycles. The van der Waals surface area contributed by atoms with Gasteiger partial charge in [0.25, 0.3) is 0 Å². The highest BCUT2D eigenvalue weighted by atomic mass is 32.1. The van der Waals surface area contributed by atoms with Crippen LogP contribution in [0.4, 0.5) is 0 Å². The fourth-order valence-corrected chi connectivity index (χ4v) is 3.01. The Bertz CT molecular complexity index is 729. The van der Waals surface area contributed by atoms with Crippen LogP contribution >= 0.6 is 11.3 Å². The van der Waals surface area contributed by atoms with Gasteiger partial charge in [0, 0.05) is 5.92 Å². The Kier molecular flexibility index (Phi) is 3.80. The third-order valence-electron chi connectivity index (χ3n) is 3.26. The van der Waals surface area contributed by atoms with Crippen molar-refractivity contribution in [2.45, 2.75) is 19.3 Å². The second kappa shape index (κ2) is 5.90. The molecule has 0 saturated heterocycles. The fourth-order valence-electron chi connectivity index (χ4n) is 2.18. The van der Waals surface area contributed by atoms with Gasteiger partial charge in [-0.15, -0.1) is 11.3 Å². The maximum atomic E-state index is 4.56. The van der Waals surface area contributed by atoms with E-state index in [-0.39, 0.29) is 5.92 Å². The van der Waals surface area contributed by atoms with Crippen LogP contribution in [0, 0.1) is 11.8 Å². The van der Waals surface area contributed by atoms with Crippen molar-refractivity contribution in [3.05, 3.63) is 65.2 Å². The quantitative estimate of drug-likeness (QED) is 0.611. The van der Waals surface area contributed by atoms with E-state index in [9.17, 15) is 0 Å². The summed E-state index contributed by atoms with van der Waals surface area (Å²) >= 11 is 1.66. The maximum absolute atomic E-state index is 4.56. The summed E-state index contributed by atoms with van der Waals surface area (Å²) in [7, 11) is 0. The molecule has 3 aromatic rings. The molecule has 1 heterocycles. The Morgan fingerprint density at radius 3 is 2.55 bits per heavy atom. The van der Waals surface area contributed by atoms with Crippen molar-refractivity contribution < 1.29 is 0 Å². The first-order valence-corrected chi connectivity index (χ1v) is 7.60. The van der Waals surface area contributed by atoms with Crippen LogP contribution in [-0.2, 0) is 0 Å². The van der Waals surface area contributed by atoms with Crippen molar-refractivity contribution in [3.8, 4) is 11.8 Å². The van der Waals surface area contributed by atoms with Gasteiger partial charge in [-0.25, -0.2) is 4.98 Å². The van der Waals surface area contributed by atoms with E-state index < -0.39 is 0 Å². The second-order valence-corrected chi connectivity index (χ2v) is 5.66. The lowest BCUT2D eigenvalue weighted by atomic mass is 9.97. The first kappa shape index (κ1) is 12.9. The molecule has 2 heteroatoms. The Labute approximate surface area is 123 Å². The van der Waals surface area contributed by atoms with E-state index in [0.29, 0.717) is 0 Å². The highest BCUT2D eigenvalue weighted by molar-refractivity contribution is 7.19. The Morgan fingerprint density at radius 2 is 1.80 bits per heavy atom. The molecule has 0 amide bonds. The zero-order valence-electron chi connectivity index (χ0n) is 11.3. The van der Waals surface area contributed by atoms with E-state index in [1.807, 2.05) is 24.3 Å². The molecule has 1 aromatic heterocycles. The molecular weight excluding hydrogens is 262 g/mol. The third-order valence-corrected chi connectivity index (χ3v) is 4.21. The number of nitrogens with zero attached hydrogens (tertiary/aromatic N) is 1. The van der Waals surface area contributed by atoms with E-state index in [0.717, 1.165) is 16.9 Å². The standard InChI is InChI=1S/C18H15NS/c1-2-14(15-8-4-3-5-9-15)12-13-18-19-16-10-6-7-11-17(16)20-18/h3-11,14H,2H2,1H3/t14-/m0/s1. The molecule has 0 aliphatic rings. The molecule has 0 radical (unpaired) electrons. The minimum absolute atomic E-state index is 0.281. The number of benzene rings is 2. The van der Waals surface area contributed by atoms with E-state index in [1.54, 1.807) is 11.3 Å². The summed E-state index contributed by atoms with van der Waals surface area (Å²) in [4.78, 5) is 4.56. The van der Waals surface area contributed by atoms with Gasteiger partial charge in [0.15, 0.2) is 5.01 Å². The second-order valence-electron chi connectivity index (χ2n) is 4.63. The number of thiazole rings is 1. The van der Waals surface area contributed by atoms with Crippen molar-refractivity contribution in [1.29, 1.82) is 0 Å². The summed E-state index contributed by atoms with van der Waals surface area (Å²) in [6.45, 7) is 2.17. The first-order valence-electron chi connectivity index (χ1n) is 6.79. The SMILES string of the molecule is CC[C@@H](C#Cc1nc2ccccc2s1)c1ccccc1. The van der Waals surface area contributed by atoms with Gasteiger partial charge in [0.05, 0.1) is 10.2 Å². The van der Waals surface area contributed by atoms with Crippen molar-refractivity contribution in [2.75, 3.05) is 0 Å². The highest BCUT2D eigenvalue weighted by Crippen LogP contribution is 2.22. The Balaban J connectivity index is 1.90. The molecule has 0 aliphatic heterocycles. The van der Waals surface area contributed by atoms with Crippen LogP contribution in [0.1, 0.15) is 29.8 Å². The molecule has 0 N–H and O–H groups in total. The van der Waals surface area contributed by atoms with Crippen LogP contribution in [0.15, 0.2) is 54.6 Å². The highest BCUT2D eigenvalue weighted by Gasteiger charge is 2.05. The lowest BCUT2D eigenvalue weighted by Crippen LogP contribution is -1.93. The topological polar surface area (TPSA) is 12.9 Å². The van der Waals surface area contributed by atoms with Gasteiger partial charge < -0.3 is 0 Å². The molecule has 20 heavy (non-hydrogen) atoms. The van der Waals surface area contributed by atoms with Gasteiger partial charge in [0.2, 0.25) is 0 Å². The number of aromatic nitrogens is 1. The predicted octanol–water partition coefficient (Wildman–Crippen LogP) is 4.84. The summed E-state index contributed by atoms with van der Waals surface area (Å²) in [5, 5.41) is 0.903. The monoisotopic (exact) mass is 277 g/mol. The minimum Gasteiger partial charge on any atom is -0.228 e. The molecular formula is C18H15NS. The van der Waals surface area contributed by atoms with E-state index in [1.165, 1.54) is 10.3 Å². The number of fused-ring (bicyclic) bond motifs is 1. The minimum atomic E-state index is 0.281. The number of hydrogen-bond donors (Lipinski definition) is 0. The summed E-state index contributed by atoms with van der Waals surface area (Å²) in [5.74, 6) is 6.88. The maximum Gasteiger partial charge on any atom is 0.168 e. The van der Waals surface area contributed by atoms with Gasteiger partial charge in [-0.05, 0) is 30.0 Å². The Morgan fingerprint density at radius 1 is 1.05 bits per heavy atom. The summed E-state index contributed by atoms with van der Waals surface area (Å²) in [5.41, 5.74) is 2.32. The molecule has 0 saturated carbocycles. The van der Waals surface area contributed by atoms with Crippen LogP contribution in [0.3, 0.4) is 0 Å². The van der Waals surface area contributed by atoms with E-state index in [4.69, 9.17) is 0 Å². The molecule has 0 fully saturated rings. The molecule has 0 aliphatic carbocycles. The molecule has 98 valence electrons. The van der Waals surface area contributed by atoms with Gasteiger partial charge in [-0.3, -0.25) is 0 Å². The third kappa shape index (κ3) is 2.74. The van der Waals surface area contributed by atoms with Crippen molar-refractivity contribution in [3.63, 3.8) is 0 Å². The van der Waals surface area contributed by atoms with Crippen LogP contribution in [0.5, 0.6) is 0 Å². The molecule has 1 nitrogen and oxygen atoms in total. The number of para-hydroxylation sites is 1. The summed E-state index contributed by atoms with van der Waals surface area (Å²) in [6, 6.07) is 18.6. The van der Waals surface area contributed by atoms with Crippen molar-refractivity contribution in [1.82, 2.24) is 4.98 Å². The number of rotatable bonds is 2. The first-order chi connectivity index (χ1) is 9.86. The van der Waals surface area contributed by atoms with E-state index in [2.05, 4.69) is 54.1 Å². The average Bonchev–Trinajstić information content (AvgIpc) is 2.92. The largest absolute Gasteiger partial charge is 0.228 e. The van der Waals surface area contributed by atoms with Crippen LogP contribution < -0.4 is 0 Å². The molecule has 0 unspecified atom stereocenters. The molecule has 0 spiro atoms. The Hall–Kier alpha value is -2.11. The van der Waals surface area contributed by atoms with Gasteiger partial charge in [0.1, 0.15) is 0 Å². The predicted molar refractivity (Wildman–Crippen MR) is 86.0 cm³/mol. The van der Waals surface area contributed by atoms with Crippen LogP contribution in [-0.4, -0.2) is 4.98 Å². The molecule has 3 rings (SSSR count). The summed E-state index contributed by atoms with van der Waals surface area (Å²) < 4.78 is 1.20. The lowest BCUT2D eigenvalue weighted by molar-refractivity contribution is 0.830. The fraction of sp³-hybridized carbons (Fsp3) is 0.167. The van der Waals surface area contributed by atoms with Crippen LogP contribution in [0.2, 0.25) is 0 Å². The van der Waals surface area contributed by atoms with Gasteiger partial charge in [-0.2, -0.15) is 0 Å². The van der Waals surface area contributed by atoms with Gasteiger partial charge >= 0.3 is 0 Å². The molecule has 0 bridgehead atoms. The van der Waals surface area contributed by atoms with E-state index >= 15 is 0 Å². The smallest absolute Gasteiger partial charge is 0.168 e. The summed E-state index contributed by atoms with van der Waals surface area (Å²) in [6.07, 6.45) is 1.02. The zero-order chi connectivity index (χ0) is 13.8. The average molecular weight is 277 g/mol. The molecule has 1 atom stereocenters. The van der Waals surface area contributed by atoms with Crippen molar-refractivity contribution >= 4 is 21.6 Å². The zero-order valence-corrected chi connectivity index (χ0v) is 12.2. The van der Waals surface area contributed by atoms with Crippen LogP contribution in [0.25, 0.3) is 10.2 Å². The van der Waals surface area contributed by atoms with Crippen molar-refractivity contribution in [2.24, 2.45) is 0 Å².